The first-order valence-corrected chi connectivity index (χ1v) is 4.86. The zero-order valence-corrected chi connectivity index (χ0v) is 9.28. The normalized spacial score (nSPS) is 10.1. The van der Waals surface area contributed by atoms with E-state index in [1.165, 1.54) is 0 Å². The zero-order valence-electron chi connectivity index (χ0n) is 9.28. The Hall–Kier alpha value is -1.53. The van der Waals surface area contributed by atoms with E-state index in [0.717, 1.165) is 11.3 Å². The number of hydrogen-bond donors (Lipinski definition) is 0. The molecule has 3 nitrogen and oxygen atoms in total. The monoisotopic (exact) mass is 205 g/mol. The maximum atomic E-state index is 8.77. The summed E-state index contributed by atoms with van der Waals surface area (Å²) < 4.78 is 10.7. The van der Waals surface area contributed by atoms with Crippen molar-refractivity contribution < 1.29 is 9.47 Å². The highest BCUT2D eigenvalue weighted by Gasteiger charge is 2.05. The third-order valence-electron chi connectivity index (χ3n) is 1.98. The molecule has 0 saturated carbocycles. The van der Waals surface area contributed by atoms with Crippen LogP contribution in [0.3, 0.4) is 0 Å². The number of nitrogens with zero attached hydrogens (tertiary/aromatic N) is 1. The Labute approximate surface area is 90.2 Å². The van der Waals surface area contributed by atoms with Gasteiger partial charge in [0.25, 0.3) is 0 Å². The molecule has 0 aliphatic heterocycles. The summed E-state index contributed by atoms with van der Waals surface area (Å²) in [5.74, 6) is 0.759. The van der Waals surface area contributed by atoms with Crippen LogP contribution in [0.1, 0.15) is 25.0 Å². The topological polar surface area (TPSA) is 42.2 Å². The van der Waals surface area contributed by atoms with Gasteiger partial charge in [-0.05, 0) is 32.0 Å². The molecule has 0 spiro atoms. The van der Waals surface area contributed by atoms with Crippen molar-refractivity contribution in [2.75, 3.05) is 7.11 Å². The van der Waals surface area contributed by atoms with E-state index in [0.29, 0.717) is 12.2 Å². The molecule has 0 N–H and O–H groups in total. The summed E-state index contributed by atoms with van der Waals surface area (Å²) in [6.45, 7) is 4.41. The van der Waals surface area contributed by atoms with Gasteiger partial charge in [-0.15, -0.1) is 0 Å². The predicted molar refractivity (Wildman–Crippen MR) is 57.6 cm³/mol. The van der Waals surface area contributed by atoms with Crippen LogP contribution in [-0.4, -0.2) is 13.2 Å². The Morgan fingerprint density at radius 3 is 2.67 bits per heavy atom. The minimum absolute atomic E-state index is 0.167. The predicted octanol–water partition coefficient (Wildman–Crippen LogP) is 2.49. The maximum Gasteiger partial charge on any atom is 0.124 e. The van der Waals surface area contributed by atoms with Crippen LogP contribution >= 0.6 is 0 Å². The largest absolute Gasteiger partial charge is 0.496 e. The van der Waals surface area contributed by atoms with Crippen LogP contribution in [0.2, 0.25) is 0 Å². The molecule has 0 heterocycles. The van der Waals surface area contributed by atoms with Crippen LogP contribution in [-0.2, 0) is 11.3 Å². The van der Waals surface area contributed by atoms with E-state index in [1.807, 2.05) is 13.8 Å². The van der Waals surface area contributed by atoms with Crippen LogP contribution in [0.25, 0.3) is 0 Å². The molecule has 0 aliphatic carbocycles. The molecule has 0 aromatic heterocycles. The zero-order chi connectivity index (χ0) is 11.3. The number of methoxy groups -OCH3 is 1. The molecule has 0 bridgehead atoms. The van der Waals surface area contributed by atoms with Gasteiger partial charge < -0.3 is 9.47 Å². The molecular weight excluding hydrogens is 190 g/mol. The maximum absolute atomic E-state index is 8.77. The second-order valence-electron chi connectivity index (χ2n) is 3.50. The summed E-state index contributed by atoms with van der Waals surface area (Å²) >= 11 is 0. The quantitative estimate of drug-likeness (QED) is 0.758. The number of ether oxygens (including phenoxy) is 2. The van der Waals surface area contributed by atoms with Gasteiger partial charge in [0.2, 0.25) is 0 Å². The van der Waals surface area contributed by atoms with Crippen molar-refractivity contribution in [3.05, 3.63) is 29.3 Å². The van der Waals surface area contributed by atoms with Gasteiger partial charge in [-0.25, -0.2) is 0 Å². The molecule has 1 aromatic carbocycles. The summed E-state index contributed by atoms with van der Waals surface area (Å²) in [4.78, 5) is 0. The van der Waals surface area contributed by atoms with Crippen LogP contribution in [0, 0.1) is 11.3 Å². The van der Waals surface area contributed by atoms with Gasteiger partial charge in [0, 0.05) is 5.56 Å². The minimum Gasteiger partial charge on any atom is -0.496 e. The fraction of sp³-hybridized carbons (Fsp3) is 0.417. The molecule has 3 heteroatoms. The summed E-state index contributed by atoms with van der Waals surface area (Å²) in [7, 11) is 1.61. The first-order chi connectivity index (χ1) is 7.17. The molecule has 15 heavy (non-hydrogen) atoms. The van der Waals surface area contributed by atoms with E-state index in [2.05, 4.69) is 6.07 Å². The van der Waals surface area contributed by atoms with Crippen LogP contribution in [0.4, 0.5) is 0 Å². The van der Waals surface area contributed by atoms with Crippen molar-refractivity contribution in [3.8, 4) is 11.8 Å². The van der Waals surface area contributed by atoms with Crippen LogP contribution < -0.4 is 4.74 Å². The molecule has 0 aliphatic rings. The molecule has 1 rings (SSSR count). The third-order valence-corrected chi connectivity index (χ3v) is 1.98. The SMILES string of the molecule is COc1ccc(C#N)cc1COC(C)C. The fourth-order valence-corrected chi connectivity index (χ4v) is 1.22. The Bertz CT molecular complexity index is 366. The lowest BCUT2D eigenvalue weighted by molar-refractivity contribution is 0.0644. The van der Waals surface area contributed by atoms with Gasteiger partial charge in [0.1, 0.15) is 5.75 Å². The number of nitriles is 1. The van der Waals surface area contributed by atoms with E-state index in [4.69, 9.17) is 14.7 Å². The second-order valence-corrected chi connectivity index (χ2v) is 3.50. The molecule has 0 unspecified atom stereocenters. The lowest BCUT2D eigenvalue weighted by Crippen LogP contribution is -2.03. The highest BCUT2D eigenvalue weighted by atomic mass is 16.5. The Kier molecular flexibility index (Phi) is 4.14. The number of rotatable bonds is 4. The molecule has 0 amide bonds. The van der Waals surface area contributed by atoms with Crippen molar-refractivity contribution in [1.29, 1.82) is 5.26 Å². The highest BCUT2D eigenvalue weighted by molar-refractivity contribution is 5.41. The Morgan fingerprint density at radius 1 is 1.40 bits per heavy atom. The van der Waals surface area contributed by atoms with Crippen molar-refractivity contribution in [2.45, 2.75) is 26.6 Å². The average Bonchev–Trinajstić information content (AvgIpc) is 2.25. The molecule has 0 saturated heterocycles. The summed E-state index contributed by atoms with van der Waals surface area (Å²) in [6, 6.07) is 7.41. The van der Waals surface area contributed by atoms with Crippen LogP contribution in [0.15, 0.2) is 18.2 Å². The third kappa shape index (κ3) is 3.26. The number of hydrogen-bond acceptors (Lipinski definition) is 3. The molecule has 1 aromatic rings. The summed E-state index contributed by atoms with van der Waals surface area (Å²) in [5, 5.41) is 8.77. The average molecular weight is 205 g/mol. The smallest absolute Gasteiger partial charge is 0.124 e. The van der Waals surface area contributed by atoms with Crippen molar-refractivity contribution >= 4 is 0 Å². The van der Waals surface area contributed by atoms with Crippen molar-refractivity contribution in [3.63, 3.8) is 0 Å². The van der Waals surface area contributed by atoms with Gasteiger partial charge in [0.05, 0.1) is 31.5 Å². The van der Waals surface area contributed by atoms with Gasteiger partial charge in [-0.1, -0.05) is 0 Å². The van der Waals surface area contributed by atoms with E-state index in [1.54, 1.807) is 25.3 Å². The fourth-order valence-electron chi connectivity index (χ4n) is 1.22. The second kappa shape index (κ2) is 5.38. The Morgan fingerprint density at radius 2 is 2.13 bits per heavy atom. The Balaban J connectivity index is 2.87. The summed E-state index contributed by atoms with van der Waals surface area (Å²) in [5.41, 5.74) is 1.53. The first kappa shape index (κ1) is 11.5. The lowest BCUT2D eigenvalue weighted by atomic mass is 10.1. The van der Waals surface area contributed by atoms with E-state index < -0.39 is 0 Å². The van der Waals surface area contributed by atoms with E-state index in [-0.39, 0.29) is 6.10 Å². The molecule has 0 radical (unpaired) electrons. The van der Waals surface area contributed by atoms with E-state index >= 15 is 0 Å². The van der Waals surface area contributed by atoms with Crippen molar-refractivity contribution in [1.82, 2.24) is 0 Å². The van der Waals surface area contributed by atoms with Gasteiger partial charge in [0.15, 0.2) is 0 Å². The molecule has 0 fully saturated rings. The lowest BCUT2D eigenvalue weighted by Gasteiger charge is -2.11. The van der Waals surface area contributed by atoms with Gasteiger partial charge in [-0.2, -0.15) is 5.26 Å². The number of benzene rings is 1. The molecular formula is C12H15NO2. The van der Waals surface area contributed by atoms with Gasteiger partial charge in [-0.3, -0.25) is 0 Å². The standard InChI is InChI=1S/C12H15NO2/c1-9(2)15-8-11-6-10(7-13)4-5-12(11)14-3/h4-6,9H,8H2,1-3H3. The van der Waals surface area contributed by atoms with Gasteiger partial charge >= 0.3 is 0 Å². The summed E-state index contributed by atoms with van der Waals surface area (Å²) in [6.07, 6.45) is 0.167. The highest BCUT2D eigenvalue weighted by Crippen LogP contribution is 2.20. The first-order valence-electron chi connectivity index (χ1n) is 4.86. The van der Waals surface area contributed by atoms with E-state index in [9.17, 15) is 0 Å². The molecule has 80 valence electrons. The van der Waals surface area contributed by atoms with Crippen LogP contribution in [0.5, 0.6) is 5.75 Å². The van der Waals surface area contributed by atoms with Crippen molar-refractivity contribution in [2.24, 2.45) is 0 Å². The molecule has 0 atom stereocenters. The minimum atomic E-state index is 0.167.